The van der Waals surface area contributed by atoms with E-state index in [1.807, 2.05) is 6.07 Å². The number of hydrogen-bond acceptors (Lipinski definition) is 4. The number of carbonyl (C=O) groups excluding carboxylic acids is 1. The van der Waals surface area contributed by atoms with Crippen LogP contribution in [0.5, 0.6) is 0 Å². The van der Waals surface area contributed by atoms with Gasteiger partial charge in [0, 0.05) is 25.0 Å². The molecule has 0 fully saturated rings. The molecule has 100 valence electrons. The van der Waals surface area contributed by atoms with Crippen molar-refractivity contribution in [2.75, 3.05) is 14.1 Å². The van der Waals surface area contributed by atoms with Crippen molar-refractivity contribution in [2.24, 2.45) is 0 Å². The molecule has 0 bridgehead atoms. The van der Waals surface area contributed by atoms with Gasteiger partial charge in [0.2, 0.25) is 15.8 Å². The minimum atomic E-state index is -3.48. The minimum absolute atomic E-state index is 0.154. The summed E-state index contributed by atoms with van der Waals surface area (Å²) in [7, 11) is -0.552. The fourth-order valence-corrected chi connectivity index (χ4v) is 3.64. The molecule has 0 unspecified atom stereocenters. The number of benzene rings is 1. The number of ketones is 1. The summed E-state index contributed by atoms with van der Waals surface area (Å²) in [5.74, 6) is -0.161. The topological polar surface area (TPSA) is 54.5 Å². The average Bonchev–Trinajstić information content (AvgIpc) is 2.89. The monoisotopic (exact) mass is 295 g/mol. The summed E-state index contributed by atoms with van der Waals surface area (Å²) >= 11 is 1.14. The quantitative estimate of drug-likeness (QED) is 0.813. The Morgan fingerprint density at radius 3 is 2.37 bits per heavy atom. The van der Waals surface area contributed by atoms with E-state index in [1.165, 1.54) is 25.5 Å². The van der Waals surface area contributed by atoms with Gasteiger partial charge in [0.25, 0.3) is 0 Å². The molecule has 2 aromatic rings. The van der Waals surface area contributed by atoms with Crippen molar-refractivity contribution in [2.45, 2.75) is 4.90 Å². The van der Waals surface area contributed by atoms with Gasteiger partial charge in [-0.3, -0.25) is 4.79 Å². The van der Waals surface area contributed by atoms with E-state index in [0.717, 1.165) is 15.6 Å². The number of hydrogen-bond donors (Lipinski definition) is 0. The van der Waals surface area contributed by atoms with Crippen molar-refractivity contribution in [1.29, 1.82) is 0 Å². The van der Waals surface area contributed by atoms with Crippen molar-refractivity contribution in [3.05, 3.63) is 52.2 Å². The van der Waals surface area contributed by atoms with Crippen molar-refractivity contribution >= 4 is 27.1 Å². The number of rotatable bonds is 4. The molecule has 0 radical (unpaired) electrons. The smallest absolute Gasteiger partial charge is 0.243 e. The zero-order valence-electron chi connectivity index (χ0n) is 10.5. The van der Waals surface area contributed by atoms with Crippen molar-refractivity contribution in [3.8, 4) is 0 Å². The van der Waals surface area contributed by atoms with E-state index in [-0.39, 0.29) is 10.7 Å². The van der Waals surface area contributed by atoms with E-state index in [9.17, 15) is 13.2 Å². The van der Waals surface area contributed by atoms with E-state index in [0.29, 0.717) is 10.4 Å². The van der Waals surface area contributed by atoms with Crippen LogP contribution in [0.1, 0.15) is 15.2 Å². The van der Waals surface area contributed by atoms with Gasteiger partial charge >= 0.3 is 0 Å². The maximum absolute atomic E-state index is 12.2. The van der Waals surface area contributed by atoms with E-state index >= 15 is 0 Å². The van der Waals surface area contributed by atoms with E-state index in [4.69, 9.17) is 0 Å². The standard InChI is InChI=1S/C13H13NO3S2/c1-14(2)19(16,17)11-8-12(18-9-11)13(15)10-6-4-3-5-7-10/h3-9H,1-2H3. The molecule has 0 aliphatic carbocycles. The molecule has 6 heteroatoms. The van der Waals surface area contributed by atoms with E-state index in [1.54, 1.807) is 24.3 Å². The van der Waals surface area contributed by atoms with Crippen LogP contribution >= 0.6 is 11.3 Å². The van der Waals surface area contributed by atoms with Crippen LogP contribution in [0, 0.1) is 0 Å². The Balaban J connectivity index is 2.35. The molecule has 2 rings (SSSR count). The molecular formula is C13H13NO3S2. The molecule has 1 aromatic carbocycles. The summed E-state index contributed by atoms with van der Waals surface area (Å²) in [4.78, 5) is 12.7. The molecule has 1 aromatic heterocycles. The molecule has 0 saturated heterocycles. The van der Waals surface area contributed by atoms with Crippen molar-refractivity contribution in [1.82, 2.24) is 4.31 Å². The van der Waals surface area contributed by atoms with Gasteiger partial charge in [-0.1, -0.05) is 30.3 Å². The highest BCUT2D eigenvalue weighted by molar-refractivity contribution is 7.89. The predicted molar refractivity (Wildman–Crippen MR) is 75.1 cm³/mol. The van der Waals surface area contributed by atoms with Gasteiger partial charge in [-0.05, 0) is 6.07 Å². The third-order valence-corrected chi connectivity index (χ3v) is 5.48. The predicted octanol–water partition coefficient (Wildman–Crippen LogP) is 2.23. The Labute approximate surface area is 116 Å². The van der Waals surface area contributed by atoms with Gasteiger partial charge in [0.1, 0.15) is 0 Å². The molecule has 4 nitrogen and oxygen atoms in total. The molecule has 0 N–H and O–H groups in total. The minimum Gasteiger partial charge on any atom is -0.288 e. The first-order valence-electron chi connectivity index (χ1n) is 5.54. The highest BCUT2D eigenvalue weighted by atomic mass is 32.2. The van der Waals surface area contributed by atoms with Crippen molar-refractivity contribution < 1.29 is 13.2 Å². The third-order valence-electron chi connectivity index (χ3n) is 2.61. The Hall–Kier alpha value is -1.50. The number of nitrogens with zero attached hydrogens (tertiary/aromatic N) is 1. The summed E-state index contributed by atoms with van der Waals surface area (Å²) in [6.45, 7) is 0. The lowest BCUT2D eigenvalue weighted by Crippen LogP contribution is -2.21. The lowest BCUT2D eigenvalue weighted by molar-refractivity contribution is 0.104. The van der Waals surface area contributed by atoms with E-state index in [2.05, 4.69) is 0 Å². The first kappa shape index (κ1) is 13.9. The van der Waals surface area contributed by atoms with Crippen LogP contribution < -0.4 is 0 Å². The highest BCUT2D eigenvalue weighted by Gasteiger charge is 2.21. The van der Waals surface area contributed by atoms with Gasteiger partial charge in [0.05, 0.1) is 9.77 Å². The molecule has 0 atom stereocenters. The number of thiophene rings is 1. The van der Waals surface area contributed by atoms with Crippen LogP contribution in [0.15, 0.2) is 46.7 Å². The molecule has 19 heavy (non-hydrogen) atoms. The maximum Gasteiger partial charge on any atom is 0.243 e. The summed E-state index contributed by atoms with van der Waals surface area (Å²) in [6, 6.07) is 10.2. The van der Waals surface area contributed by atoms with Gasteiger partial charge < -0.3 is 0 Å². The average molecular weight is 295 g/mol. The second-order valence-corrected chi connectivity index (χ2v) is 7.19. The Morgan fingerprint density at radius 1 is 1.16 bits per heavy atom. The van der Waals surface area contributed by atoms with Crippen LogP contribution in [0.2, 0.25) is 0 Å². The van der Waals surface area contributed by atoms with E-state index < -0.39 is 10.0 Å². The fraction of sp³-hybridized carbons (Fsp3) is 0.154. The molecule has 0 aliphatic rings. The van der Waals surface area contributed by atoms with Crippen LogP contribution in [-0.2, 0) is 10.0 Å². The first-order valence-corrected chi connectivity index (χ1v) is 7.85. The normalized spacial score (nSPS) is 11.7. The number of sulfonamides is 1. The third kappa shape index (κ3) is 2.75. The molecule has 0 saturated carbocycles. The van der Waals surface area contributed by atoms with Crippen LogP contribution in [-0.4, -0.2) is 32.6 Å². The Morgan fingerprint density at radius 2 is 1.79 bits per heavy atom. The molecule has 0 aliphatic heterocycles. The summed E-state index contributed by atoms with van der Waals surface area (Å²) in [6.07, 6.45) is 0. The zero-order chi connectivity index (χ0) is 14.0. The first-order chi connectivity index (χ1) is 8.93. The van der Waals surface area contributed by atoms with Crippen molar-refractivity contribution in [3.63, 3.8) is 0 Å². The second kappa shape index (κ2) is 5.24. The Kier molecular flexibility index (Phi) is 3.84. The largest absolute Gasteiger partial charge is 0.288 e. The van der Waals surface area contributed by atoms with Gasteiger partial charge in [-0.25, -0.2) is 12.7 Å². The summed E-state index contributed by atoms with van der Waals surface area (Å²) in [5.41, 5.74) is 0.554. The van der Waals surface area contributed by atoms with Crippen LogP contribution in [0.3, 0.4) is 0 Å². The fourth-order valence-electron chi connectivity index (χ4n) is 1.52. The maximum atomic E-state index is 12.2. The van der Waals surface area contributed by atoms with Gasteiger partial charge in [-0.2, -0.15) is 0 Å². The Bertz CT molecular complexity index is 688. The van der Waals surface area contributed by atoms with Gasteiger partial charge in [-0.15, -0.1) is 11.3 Å². The molecule has 1 heterocycles. The lowest BCUT2D eigenvalue weighted by Gasteiger charge is -2.08. The zero-order valence-corrected chi connectivity index (χ0v) is 12.2. The molecular weight excluding hydrogens is 282 g/mol. The summed E-state index contributed by atoms with van der Waals surface area (Å²) < 4.78 is 25.0. The summed E-state index contributed by atoms with van der Waals surface area (Å²) in [5, 5.41) is 1.49. The lowest BCUT2D eigenvalue weighted by atomic mass is 10.1. The second-order valence-electron chi connectivity index (χ2n) is 4.13. The molecule has 0 spiro atoms. The van der Waals surface area contributed by atoms with Crippen LogP contribution in [0.4, 0.5) is 0 Å². The van der Waals surface area contributed by atoms with Crippen LogP contribution in [0.25, 0.3) is 0 Å². The SMILES string of the molecule is CN(C)S(=O)(=O)c1csc(C(=O)c2ccccc2)c1. The number of carbonyl (C=O) groups is 1. The molecule has 0 amide bonds. The highest BCUT2D eigenvalue weighted by Crippen LogP contribution is 2.23. The van der Waals surface area contributed by atoms with Gasteiger partial charge in [0.15, 0.2) is 0 Å².